The van der Waals surface area contributed by atoms with E-state index in [4.69, 9.17) is 9.47 Å². The Balaban J connectivity index is 2.08. The van der Waals surface area contributed by atoms with Gasteiger partial charge in [-0.25, -0.2) is 9.69 Å². The van der Waals surface area contributed by atoms with Crippen LogP contribution in [0.1, 0.15) is 5.56 Å². The zero-order valence-corrected chi connectivity index (χ0v) is 14.3. The quantitative estimate of drug-likeness (QED) is 0.670. The molecule has 0 aliphatic carbocycles. The van der Waals surface area contributed by atoms with E-state index in [-0.39, 0.29) is 11.3 Å². The van der Waals surface area contributed by atoms with E-state index < -0.39 is 17.8 Å². The molecule has 0 saturated carbocycles. The van der Waals surface area contributed by atoms with Crippen LogP contribution < -0.4 is 19.7 Å². The van der Waals surface area contributed by atoms with Crippen LogP contribution in [-0.4, -0.2) is 32.1 Å². The van der Waals surface area contributed by atoms with E-state index in [0.29, 0.717) is 17.1 Å². The Bertz CT molecular complexity index is 873. The van der Waals surface area contributed by atoms with Crippen molar-refractivity contribution in [1.29, 1.82) is 0 Å². The molecule has 128 valence electrons. The van der Waals surface area contributed by atoms with Crippen LogP contribution in [0.15, 0.2) is 40.6 Å². The number of nitrogens with one attached hydrogen (secondary N) is 1. The molecule has 7 nitrogen and oxygen atoms in total. The summed E-state index contributed by atoms with van der Waals surface area (Å²) >= 11 is 1.43. The van der Waals surface area contributed by atoms with Gasteiger partial charge in [0.1, 0.15) is 17.1 Å². The van der Waals surface area contributed by atoms with Crippen LogP contribution in [0.5, 0.6) is 11.5 Å². The lowest BCUT2D eigenvalue weighted by molar-refractivity contribution is -0.122. The van der Waals surface area contributed by atoms with Crippen LogP contribution in [0, 0.1) is 0 Å². The summed E-state index contributed by atoms with van der Waals surface area (Å²) in [6, 6.07) is 5.64. The Labute approximate surface area is 147 Å². The average molecular weight is 358 g/mol. The molecular weight excluding hydrogens is 344 g/mol. The summed E-state index contributed by atoms with van der Waals surface area (Å²) in [6.45, 7) is 0. The van der Waals surface area contributed by atoms with Gasteiger partial charge in [0.2, 0.25) is 0 Å². The number of amides is 4. The standard InChI is InChI=1S/C17H14N2O5S/c1-23-11-3-4-14(24-2)13(8-11)19-16(21)12(15(20)18-17(19)22)7-10-5-6-25-9-10/h3-9H,1-2H3,(H,18,20,22)/b12-7-. The first-order chi connectivity index (χ1) is 12.0. The van der Waals surface area contributed by atoms with Gasteiger partial charge in [0.15, 0.2) is 0 Å². The molecule has 25 heavy (non-hydrogen) atoms. The first-order valence-corrected chi connectivity index (χ1v) is 8.15. The first-order valence-electron chi connectivity index (χ1n) is 7.21. The number of nitrogens with zero attached hydrogens (tertiary/aromatic N) is 1. The number of imide groups is 2. The Morgan fingerprint density at radius 2 is 1.92 bits per heavy atom. The largest absolute Gasteiger partial charge is 0.497 e. The summed E-state index contributed by atoms with van der Waals surface area (Å²) in [4.78, 5) is 38.1. The zero-order chi connectivity index (χ0) is 18.0. The number of carbonyl (C=O) groups is 3. The monoisotopic (exact) mass is 358 g/mol. The molecule has 0 atom stereocenters. The number of ether oxygens (including phenoxy) is 2. The van der Waals surface area contributed by atoms with Gasteiger partial charge in [-0.1, -0.05) is 0 Å². The number of carbonyl (C=O) groups excluding carboxylic acids is 3. The Hall–Kier alpha value is -3.13. The van der Waals surface area contributed by atoms with Crippen molar-refractivity contribution in [2.24, 2.45) is 0 Å². The summed E-state index contributed by atoms with van der Waals surface area (Å²) in [5.74, 6) is -0.726. The van der Waals surface area contributed by atoms with Crippen molar-refractivity contribution in [3.05, 3.63) is 46.2 Å². The van der Waals surface area contributed by atoms with Crippen molar-refractivity contribution in [1.82, 2.24) is 5.32 Å². The third-order valence-electron chi connectivity index (χ3n) is 3.58. The summed E-state index contributed by atoms with van der Waals surface area (Å²) in [5.41, 5.74) is 0.756. The maximum Gasteiger partial charge on any atom is 0.336 e. The van der Waals surface area contributed by atoms with E-state index >= 15 is 0 Å². The first kappa shape index (κ1) is 16.7. The van der Waals surface area contributed by atoms with Gasteiger partial charge in [0.25, 0.3) is 11.8 Å². The number of hydrogen-bond donors (Lipinski definition) is 1. The predicted octanol–water partition coefficient (Wildman–Crippen LogP) is 2.43. The molecule has 2 heterocycles. The summed E-state index contributed by atoms with van der Waals surface area (Å²) in [5, 5.41) is 5.79. The molecule has 1 N–H and O–H groups in total. The fourth-order valence-corrected chi connectivity index (χ4v) is 2.99. The second-order valence-electron chi connectivity index (χ2n) is 5.05. The minimum Gasteiger partial charge on any atom is -0.497 e. The number of rotatable bonds is 4. The van der Waals surface area contributed by atoms with Crippen LogP contribution in [0.4, 0.5) is 10.5 Å². The molecule has 3 rings (SSSR count). The van der Waals surface area contributed by atoms with E-state index in [1.165, 1.54) is 37.7 Å². The molecule has 8 heteroatoms. The van der Waals surface area contributed by atoms with Crippen LogP contribution in [0.3, 0.4) is 0 Å². The van der Waals surface area contributed by atoms with Gasteiger partial charge in [-0.15, -0.1) is 0 Å². The number of methoxy groups -OCH3 is 2. The highest BCUT2D eigenvalue weighted by Gasteiger charge is 2.38. The Morgan fingerprint density at radius 3 is 2.56 bits per heavy atom. The summed E-state index contributed by atoms with van der Waals surface area (Å²) in [6.07, 6.45) is 1.44. The number of hydrogen-bond acceptors (Lipinski definition) is 6. The molecule has 0 bridgehead atoms. The number of urea groups is 1. The van der Waals surface area contributed by atoms with Crippen LogP contribution >= 0.6 is 11.3 Å². The molecule has 4 amide bonds. The molecule has 0 spiro atoms. The predicted molar refractivity (Wildman–Crippen MR) is 92.9 cm³/mol. The lowest BCUT2D eigenvalue weighted by Crippen LogP contribution is -2.54. The minimum absolute atomic E-state index is 0.136. The molecule has 1 fully saturated rings. The van der Waals surface area contributed by atoms with Crippen LogP contribution in [0.2, 0.25) is 0 Å². The maximum atomic E-state index is 12.8. The fourth-order valence-electron chi connectivity index (χ4n) is 2.37. The topological polar surface area (TPSA) is 84.9 Å². The minimum atomic E-state index is -0.843. The number of barbiturate groups is 1. The summed E-state index contributed by atoms with van der Waals surface area (Å²) in [7, 11) is 2.89. The molecule has 1 aliphatic rings. The van der Waals surface area contributed by atoms with Crippen molar-refractivity contribution in [3.8, 4) is 11.5 Å². The van der Waals surface area contributed by atoms with E-state index in [9.17, 15) is 14.4 Å². The lowest BCUT2D eigenvalue weighted by Gasteiger charge is -2.27. The van der Waals surface area contributed by atoms with Crippen LogP contribution in [0.25, 0.3) is 6.08 Å². The van der Waals surface area contributed by atoms with Gasteiger partial charge in [0, 0.05) is 6.07 Å². The van der Waals surface area contributed by atoms with Crippen LogP contribution in [-0.2, 0) is 9.59 Å². The highest BCUT2D eigenvalue weighted by atomic mass is 32.1. The van der Waals surface area contributed by atoms with Gasteiger partial charge < -0.3 is 9.47 Å². The molecule has 1 aromatic heterocycles. The van der Waals surface area contributed by atoms with Gasteiger partial charge >= 0.3 is 6.03 Å². The number of anilines is 1. The Morgan fingerprint density at radius 1 is 1.12 bits per heavy atom. The molecule has 0 radical (unpaired) electrons. The zero-order valence-electron chi connectivity index (χ0n) is 13.4. The number of thiophene rings is 1. The van der Waals surface area contributed by atoms with Crippen molar-refractivity contribution >= 4 is 40.9 Å². The normalized spacial score (nSPS) is 16.2. The van der Waals surface area contributed by atoms with Gasteiger partial charge in [-0.2, -0.15) is 11.3 Å². The van der Waals surface area contributed by atoms with E-state index in [1.54, 1.807) is 23.6 Å². The van der Waals surface area contributed by atoms with Crippen molar-refractivity contribution in [2.75, 3.05) is 19.1 Å². The van der Waals surface area contributed by atoms with Gasteiger partial charge in [-0.05, 0) is 40.6 Å². The lowest BCUT2D eigenvalue weighted by atomic mass is 10.1. The molecule has 1 aromatic carbocycles. The van der Waals surface area contributed by atoms with Crippen molar-refractivity contribution < 1.29 is 23.9 Å². The molecule has 1 aliphatic heterocycles. The van der Waals surface area contributed by atoms with Crippen molar-refractivity contribution in [2.45, 2.75) is 0 Å². The van der Waals surface area contributed by atoms with Gasteiger partial charge in [-0.3, -0.25) is 14.9 Å². The van der Waals surface area contributed by atoms with E-state index in [2.05, 4.69) is 5.32 Å². The smallest absolute Gasteiger partial charge is 0.336 e. The highest BCUT2D eigenvalue weighted by molar-refractivity contribution is 7.08. The molecule has 2 aromatic rings. The second-order valence-corrected chi connectivity index (χ2v) is 5.83. The maximum absolute atomic E-state index is 12.8. The third kappa shape index (κ3) is 3.11. The average Bonchev–Trinajstić information content (AvgIpc) is 3.11. The summed E-state index contributed by atoms with van der Waals surface area (Å²) < 4.78 is 10.4. The Kier molecular flexibility index (Phi) is 4.53. The van der Waals surface area contributed by atoms with Gasteiger partial charge in [0.05, 0.1) is 19.9 Å². The SMILES string of the molecule is COc1ccc(OC)c(N2C(=O)NC(=O)/C(=C/c3ccsc3)C2=O)c1. The molecule has 1 saturated heterocycles. The van der Waals surface area contributed by atoms with E-state index in [1.807, 2.05) is 5.38 Å². The fraction of sp³-hybridized carbons (Fsp3) is 0.118. The molecular formula is C17H14N2O5S. The van der Waals surface area contributed by atoms with Crippen molar-refractivity contribution in [3.63, 3.8) is 0 Å². The second kappa shape index (κ2) is 6.78. The highest BCUT2D eigenvalue weighted by Crippen LogP contribution is 2.34. The van der Waals surface area contributed by atoms with E-state index in [0.717, 1.165) is 4.90 Å². The molecule has 0 unspecified atom stereocenters. The number of benzene rings is 1. The third-order valence-corrected chi connectivity index (χ3v) is 4.28.